The molecule has 1 aliphatic heterocycles. The number of likely N-dealkylation sites (tertiary alicyclic amines) is 1. The Morgan fingerprint density at radius 2 is 1.79 bits per heavy atom. The molecule has 1 aliphatic carbocycles. The van der Waals surface area contributed by atoms with Gasteiger partial charge < -0.3 is 10.2 Å². The molecule has 1 saturated carbocycles. The van der Waals surface area contributed by atoms with Crippen LogP contribution in [0.3, 0.4) is 0 Å². The molecule has 4 rings (SSSR count). The van der Waals surface area contributed by atoms with E-state index in [4.69, 9.17) is 0 Å². The molecule has 1 N–H and O–H groups in total. The normalized spacial score (nSPS) is 20.2. The monoisotopic (exact) mass is 458 g/mol. The van der Waals surface area contributed by atoms with Gasteiger partial charge in [0.05, 0.1) is 17.9 Å². The third-order valence-electron chi connectivity index (χ3n) is 5.92. The molecule has 1 unspecified atom stereocenters. The molecule has 0 bridgehead atoms. The zero-order valence-electron chi connectivity index (χ0n) is 16.2. The van der Waals surface area contributed by atoms with Gasteiger partial charge in [0, 0.05) is 17.6 Å². The van der Waals surface area contributed by atoms with Gasteiger partial charge in [-0.25, -0.2) is 4.39 Å². The number of piperidine rings is 1. The first-order chi connectivity index (χ1) is 13.9. The van der Waals surface area contributed by atoms with Crippen molar-refractivity contribution >= 4 is 27.7 Å². The van der Waals surface area contributed by atoms with Crippen molar-refractivity contribution < 1.29 is 14.0 Å². The largest absolute Gasteiger partial charge is 0.346 e. The van der Waals surface area contributed by atoms with Crippen molar-refractivity contribution in [3.05, 3.63) is 69.9 Å². The Bertz CT molecular complexity index is 894. The highest BCUT2D eigenvalue weighted by atomic mass is 79.9. The maximum absolute atomic E-state index is 13.1. The number of amides is 2. The van der Waals surface area contributed by atoms with Crippen LogP contribution >= 0.6 is 15.9 Å². The van der Waals surface area contributed by atoms with E-state index >= 15 is 0 Å². The molecule has 2 aliphatic rings. The van der Waals surface area contributed by atoms with Crippen LogP contribution in [0.5, 0.6) is 0 Å². The number of halogens is 2. The van der Waals surface area contributed by atoms with E-state index in [1.54, 1.807) is 17.0 Å². The Labute approximate surface area is 178 Å². The van der Waals surface area contributed by atoms with Gasteiger partial charge in [-0.15, -0.1) is 0 Å². The first-order valence-electron chi connectivity index (χ1n) is 10.1. The highest BCUT2D eigenvalue weighted by Crippen LogP contribution is 2.46. The van der Waals surface area contributed by atoms with Crippen molar-refractivity contribution in [1.29, 1.82) is 0 Å². The standard InChI is InChI=1S/C23H24BrFN2O2/c24-19-7-5-18(6-8-19)23(11-12-23)26-22(29)17-2-1-13-27(15-17)21(28)14-16-3-9-20(25)10-4-16/h3-10,17H,1-2,11-15H2,(H,26,29). The highest BCUT2D eigenvalue weighted by molar-refractivity contribution is 9.10. The Kier molecular flexibility index (Phi) is 5.72. The van der Waals surface area contributed by atoms with E-state index in [9.17, 15) is 14.0 Å². The minimum Gasteiger partial charge on any atom is -0.346 e. The van der Waals surface area contributed by atoms with Gasteiger partial charge >= 0.3 is 0 Å². The fourth-order valence-corrected chi connectivity index (χ4v) is 4.29. The van der Waals surface area contributed by atoms with E-state index in [2.05, 4.69) is 33.4 Å². The smallest absolute Gasteiger partial charge is 0.227 e. The molecule has 4 nitrogen and oxygen atoms in total. The van der Waals surface area contributed by atoms with Crippen molar-refractivity contribution in [2.24, 2.45) is 5.92 Å². The summed E-state index contributed by atoms with van der Waals surface area (Å²) in [5.74, 6) is -0.475. The molecular formula is C23H24BrFN2O2. The van der Waals surface area contributed by atoms with Crippen molar-refractivity contribution in [2.75, 3.05) is 13.1 Å². The molecule has 2 aromatic rings. The number of carbonyl (C=O) groups is 2. The second kappa shape index (κ2) is 8.27. The minimum absolute atomic E-state index is 0.0110. The minimum atomic E-state index is -0.310. The predicted molar refractivity (Wildman–Crippen MR) is 113 cm³/mol. The first-order valence-corrected chi connectivity index (χ1v) is 10.8. The molecule has 1 saturated heterocycles. The van der Waals surface area contributed by atoms with Crippen LogP contribution in [0.25, 0.3) is 0 Å². The molecule has 152 valence electrons. The first kappa shape index (κ1) is 20.1. The average molecular weight is 459 g/mol. The number of nitrogens with one attached hydrogen (secondary N) is 1. The fraction of sp³-hybridized carbons (Fsp3) is 0.391. The number of rotatable bonds is 5. The lowest BCUT2D eigenvalue weighted by molar-refractivity contribution is -0.135. The molecule has 1 heterocycles. The van der Waals surface area contributed by atoms with Gasteiger partial charge in [0.1, 0.15) is 5.82 Å². The van der Waals surface area contributed by atoms with Crippen molar-refractivity contribution in [3.8, 4) is 0 Å². The van der Waals surface area contributed by atoms with Crippen molar-refractivity contribution in [3.63, 3.8) is 0 Å². The fourth-order valence-electron chi connectivity index (χ4n) is 4.02. The number of benzene rings is 2. The molecule has 0 radical (unpaired) electrons. The SMILES string of the molecule is O=C(NC1(c2ccc(Br)cc2)CC1)C1CCCN(C(=O)Cc2ccc(F)cc2)C1. The number of hydrogen-bond acceptors (Lipinski definition) is 2. The predicted octanol–water partition coefficient (Wildman–Crippen LogP) is 4.17. The van der Waals surface area contributed by atoms with Crippen LogP contribution in [0.1, 0.15) is 36.8 Å². The zero-order chi connectivity index (χ0) is 20.4. The lowest BCUT2D eigenvalue weighted by atomic mass is 9.95. The zero-order valence-corrected chi connectivity index (χ0v) is 17.8. The maximum Gasteiger partial charge on any atom is 0.227 e. The maximum atomic E-state index is 13.1. The van der Waals surface area contributed by atoms with Gasteiger partial charge in [-0.05, 0) is 61.1 Å². The summed E-state index contributed by atoms with van der Waals surface area (Å²) in [6.45, 7) is 1.12. The van der Waals surface area contributed by atoms with Gasteiger partial charge in [0.15, 0.2) is 0 Å². The second-order valence-electron chi connectivity index (χ2n) is 8.06. The van der Waals surface area contributed by atoms with Crippen molar-refractivity contribution in [1.82, 2.24) is 10.2 Å². The van der Waals surface area contributed by atoms with Crippen LogP contribution in [0.4, 0.5) is 4.39 Å². The lowest BCUT2D eigenvalue weighted by Gasteiger charge is -2.33. The molecule has 0 aromatic heterocycles. The summed E-state index contributed by atoms with van der Waals surface area (Å²) in [5, 5.41) is 3.25. The number of hydrogen-bond donors (Lipinski definition) is 1. The number of carbonyl (C=O) groups excluding carboxylic acids is 2. The summed E-state index contributed by atoms with van der Waals surface area (Å²) in [6.07, 6.45) is 3.74. The Morgan fingerprint density at radius 1 is 1.10 bits per heavy atom. The molecule has 29 heavy (non-hydrogen) atoms. The van der Waals surface area contributed by atoms with Gasteiger partial charge in [0.2, 0.25) is 11.8 Å². The topological polar surface area (TPSA) is 49.4 Å². The van der Waals surface area contributed by atoms with Crippen LogP contribution in [0.2, 0.25) is 0 Å². The molecule has 6 heteroatoms. The summed E-state index contributed by atoms with van der Waals surface area (Å²) < 4.78 is 14.1. The van der Waals surface area contributed by atoms with E-state index in [-0.39, 0.29) is 35.5 Å². The lowest BCUT2D eigenvalue weighted by Crippen LogP contribution is -2.48. The Morgan fingerprint density at radius 3 is 2.45 bits per heavy atom. The van der Waals surface area contributed by atoms with Gasteiger partial charge in [-0.2, -0.15) is 0 Å². The van der Waals surface area contributed by atoms with Gasteiger partial charge in [0.25, 0.3) is 0 Å². The summed E-state index contributed by atoms with van der Waals surface area (Å²) in [7, 11) is 0. The van der Waals surface area contributed by atoms with Crippen molar-refractivity contribution in [2.45, 2.75) is 37.6 Å². The van der Waals surface area contributed by atoms with E-state index in [0.29, 0.717) is 13.1 Å². The molecule has 2 fully saturated rings. The molecule has 0 spiro atoms. The Hall–Kier alpha value is -2.21. The summed E-state index contributed by atoms with van der Waals surface area (Å²) in [6, 6.07) is 14.1. The van der Waals surface area contributed by atoms with Crippen LogP contribution in [0, 0.1) is 11.7 Å². The molecular weight excluding hydrogens is 435 g/mol. The molecule has 2 aromatic carbocycles. The third kappa shape index (κ3) is 4.69. The quantitative estimate of drug-likeness (QED) is 0.730. The van der Waals surface area contributed by atoms with E-state index in [1.165, 1.54) is 12.1 Å². The summed E-state index contributed by atoms with van der Waals surface area (Å²) >= 11 is 3.45. The number of nitrogens with zero attached hydrogens (tertiary/aromatic N) is 1. The van der Waals surface area contributed by atoms with Crippen LogP contribution < -0.4 is 5.32 Å². The Balaban J connectivity index is 1.36. The van der Waals surface area contributed by atoms with E-state index in [1.807, 2.05) is 12.1 Å². The van der Waals surface area contributed by atoms with Crippen LogP contribution in [-0.2, 0) is 21.5 Å². The van der Waals surface area contributed by atoms with E-state index in [0.717, 1.165) is 41.3 Å². The average Bonchev–Trinajstić information content (AvgIpc) is 3.51. The second-order valence-corrected chi connectivity index (χ2v) is 8.98. The third-order valence-corrected chi connectivity index (χ3v) is 6.45. The van der Waals surface area contributed by atoms with Gasteiger partial charge in [-0.1, -0.05) is 40.2 Å². The molecule has 1 atom stereocenters. The van der Waals surface area contributed by atoms with Crippen LogP contribution in [0.15, 0.2) is 53.0 Å². The highest BCUT2D eigenvalue weighted by Gasteiger charge is 2.46. The summed E-state index contributed by atoms with van der Waals surface area (Å²) in [4.78, 5) is 27.4. The molecule has 2 amide bonds. The summed E-state index contributed by atoms with van der Waals surface area (Å²) in [5.41, 5.74) is 1.67. The van der Waals surface area contributed by atoms with E-state index < -0.39 is 0 Å². The van der Waals surface area contributed by atoms with Crippen LogP contribution in [-0.4, -0.2) is 29.8 Å². The van der Waals surface area contributed by atoms with Gasteiger partial charge in [-0.3, -0.25) is 9.59 Å².